The molecular formula is C13H10ClFN4. The van der Waals surface area contributed by atoms with Gasteiger partial charge in [-0.3, -0.25) is 0 Å². The molecule has 1 aromatic carbocycles. The van der Waals surface area contributed by atoms with Crippen LogP contribution in [0.15, 0.2) is 36.7 Å². The summed E-state index contributed by atoms with van der Waals surface area (Å²) in [5.74, 6) is -0.273. The second-order valence-electron chi connectivity index (χ2n) is 4.22. The maximum atomic E-state index is 13.3. The van der Waals surface area contributed by atoms with Crippen molar-refractivity contribution < 1.29 is 4.39 Å². The van der Waals surface area contributed by atoms with Crippen LogP contribution in [0.1, 0.15) is 18.5 Å². The van der Waals surface area contributed by atoms with Gasteiger partial charge in [-0.15, -0.1) is 0 Å². The topological polar surface area (TPSA) is 43.6 Å². The minimum absolute atomic E-state index is 0.152. The summed E-state index contributed by atoms with van der Waals surface area (Å²) in [6, 6.07) is 6.26. The van der Waals surface area contributed by atoms with E-state index in [1.807, 2.05) is 13.0 Å². The Kier molecular flexibility index (Phi) is 2.91. The lowest BCUT2D eigenvalue weighted by atomic mass is 10.1. The zero-order valence-corrected chi connectivity index (χ0v) is 10.8. The van der Waals surface area contributed by atoms with Crippen molar-refractivity contribution in [2.75, 3.05) is 0 Å². The van der Waals surface area contributed by atoms with Gasteiger partial charge >= 0.3 is 0 Å². The van der Waals surface area contributed by atoms with Crippen molar-refractivity contribution in [2.24, 2.45) is 0 Å². The van der Waals surface area contributed by atoms with E-state index >= 15 is 0 Å². The van der Waals surface area contributed by atoms with E-state index in [-0.39, 0.29) is 11.9 Å². The molecule has 0 saturated carbocycles. The first-order valence-electron chi connectivity index (χ1n) is 5.76. The molecule has 0 aliphatic rings. The van der Waals surface area contributed by atoms with Gasteiger partial charge in [-0.2, -0.15) is 5.10 Å². The highest BCUT2D eigenvalue weighted by Gasteiger charge is 2.14. The number of rotatable bonds is 2. The zero-order chi connectivity index (χ0) is 13.4. The number of aromatic nitrogens is 4. The molecule has 2 heterocycles. The number of fused-ring (bicyclic) bond motifs is 1. The first-order valence-corrected chi connectivity index (χ1v) is 6.14. The second-order valence-corrected chi connectivity index (χ2v) is 4.61. The van der Waals surface area contributed by atoms with E-state index in [2.05, 4.69) is 15.1 Å². The normalized spacial score (nSPS) is 12.8. The molecule has 1 atom stereocenters. The minimum Gasteiger partial charge on any atom is -0.248 e. The Morgan fingerprint density at radius 2 is 2.16 bits per heavy atom. The fourth-order valence-corrected chi connectivity index (χ4v) is 2.12. The highest BCUT2D eigenvalue weighted by atomic mass is 35.5. The van der Waals surface area contributed by atoms with Crippen LogP contribution in [0, 0.1) is 5.82 Å². The molecule has 6 heteroatoms. The SMILES string of the molecule is C[C@@H](c1cccc(F)c1)n1ncc2ncc(Cl)nc21. The van der Waals surface area contributed by atoms with E-state index in [4.69, 9.17) is 11.6 Å². The highest BCUT2D eigenvalue weighted by molar-refractivity contribution is 6.29. The molecule has 0 bridgehead atoms. The van der Waals surface area contributed by atoms with Crippen molar-refractivity contribution in [3.63, 3.8) is 0 Å². The molecule has 4 nitrogen and oxygen atoms in total. The summed E-state index contributed by atoms with van der Waals surface area (Å²) < 4.78 is 15.0. The number of halogens is 2. The smallest absolute Gasteiger partial charge is 0.178 e. The maximum Gasteiger partial charge on any atom is 0.178 e. The van der Waals surface area contributed by atoms with E-state index < -0.39 is 0 Å². The quantitative estimate of drug-likeness (QED) is 0.722. The van der Waals surface area contributed by atoms with Gasteiger partial charge in [0.25, 0.3) is 0 Å². The number of nitrogens with zero attached hydrogens (tertiary/aromatic N) is 4. The van der Waals surface area contributed by atoms with Crippen molar-refractivity contribution in [2.45, 2.75) is 13.0 Å². The summed E-state index contributed by atoms with van der Waals surface area (Å²) in [6.07, 6.45) is 3.09. The number of hydrogen-bond donors (Lipinski definition) is 0. The Hall–Kier alpha value is -2.01. The molecule has 0 amide bonds. The lowest BCUT2D eigenvalue weighted by Crippen LogP contribution is -2.09. The van der Waals surface area contributed by atoms with Crippen LogP contribution in [0.2, 0.25) is 5.15 Å². The third-order valence-corrected chi connectivity index (χ3v) is 3.15. The predicted molar refractivity (Wildman–Crippen MR) is 70.5 cm³/mol. The van der Waals surface area contributed by atoms with E-state index in [0.29, 0.717) is 16.3 Å². The van der Waals surface area contributed by atoms with Crippen LogP contribution in [0.25, 0.3) is 11.2 Å². The van der Waals surface area contributed by atoms with E-state index in [1.165, 1.54) is 18.3 Å². The Morgan fingerprint density at radius 3 is 2.95 bits per heavy atom. The van der Waals surface area contributed by atoms with Gasteiger partial charge < -0.3 is 0 Å². The summed E-state index contributed by atoms with van der Waals surface area (Å²) in [5.41, 5.74) is 2.06. The highest BCUT2D eigenvalue weighted by Crippen LogP contribution is 2.22. The van der Waals surface area contributed by atoms with E-state index in [1.54, 1.807) is 16.9 Å². The molecule has 0 N–H and O–H groups in total. The van der Waals surface area contributed by atoms with Gasteiger partial charge in [0.1, 0.15) is 16.5 Å². The maximum absolute atomic E-state index is 13.3. The van der Waals surface area contributed by atoms with E-state index in [0.717, 1.165) is 5.56 Å². The molecule has 0 aliphatic heterocycles. The van der Waals surface area contributed by atoms with Crippen molar-refractivity contribution in [1.82, 2.24) is 19.7 Å². The first-order chi connectivity index (χ1) is 9.15. The molecule has 0 fully saturated rings. The van der Waals surface area contributed by atoms with Crippen LogP contribution >= 0.6 is 11.6 Å². The summed E-state index contributed by atoms with van der Waals surface area (Å²) >= 11 is 5.85. The first kappa shape index (κ1) is 12.0. The Labute approximate surface area is 113 Å². The van der Waals surface area contributed by atoms with Crippen LogP contribution < -0.4 is 0 Å². The predicted octanol–water partition coefficient (Wildman–Crippen LogP) is 3.23. The van der Waals surface area contributed by atoms with Gasteiger partial charge in [0.05, 0.1) is 18.4 Å². The number of hydrogen-bond acceptors (Lipinski definition) is 3. The fraction of sp³-hybridized carbons (Fsp3) is 0.154. The largest absolute Gasteiger partial charge is 0.248 e. The molecule has 2 aromatic heterocycles. The Balaban J connectivity index is 2.11. The summed E-state index contributed by atoms with van der Waals surface area (Å²) in [4.78, 5) is 8.36. The van der Waals surface area contributed by atoms with Crippen molar-refractivity contribution in [3.8, 4) is 0 Å². The molecule has 19 heavy (non-hydrogen) atoms. The molecule has 0 aliphatic carbocycles. The van der Waals surface area contributed by atoms with Gasteiger partial charge in [0.15, 0.2) is 5.65 Å². The lowest BCUT2D eigenvalue weighted by molar-refractivity contribution is 0.568. The van der Waals surface area contributed by atoms with Crippen LogP contribution in [-0.2, 0) is 0 Å². The van der Waals surface area contributed by atoms with Crippen molar-refractivity contribution in [1.29, 1.82) is 0 Å². The van der Waals surface area contributed by atoms with Crippen LogP contribution in [0.3, 0.4) is 0 Å². The van der Waals surface area contributed by atoms with Gasteiger partial charge in [0, 0.05) is 0 Å². The molecule has 0 saturated heterocycles. The molecule has 3 rings (SSSR count). The van der Waals surface area contributed by atoms with Gasteiger partial charge in [0.2, 0.25) is 0 Å². The third kappa shape index (κ3) is 2.17. The average molecular weight is 277 g/mol. The molecule has 3 aromatic rings. The minimum atomic E-state index is -0.273. The van der Waals surface area contributed by atoms with Gasteiger partial charge in [-0.05, 0) is 24.6 Å². The summed E-state index contributed by atoms with van der Waals surface area (Å²) in [6.45, 7) is 1.92. The van der Waals surface area contributed by atoms with Gasteiger partial charge in [-0.25, -0.2) is 19.0 Å². The summed E-state index contributed by atoms with van der Waals surface area (Å²) in [5, 5.41) is 4.56. The van der Waals surface area contributed by atoms with E-state index in [9.17, 15) is 4.39 Å². The standard InChI is InChI=1S/C13H10ClFN4/c1-8(9-3-2-4-10(15)5-9)19-13-11(6-17-19)16-7-12(14)18-13/h2-8H,1H3/t8-/m0/s1. The molecule has 0 unspecified atom stereocenters. The van der Waals surface area contributed by atoms with Crippen molar-refractivity contribution >= 4 is 22.8 Å². The van der Waals surface area contributed by atoms with Crippen LogP contribution in [-0.4, -0.2) is 19.7 Å². The lowest BCUT2D eigenvalue weighted by Gasteiger charge is -2.13. The van der Waals surface area contributed by atoms with Gasteiger partial charge in [-0.1, -0.05) is 23.7 Å². The Bertz CT molecular complexity index is 740. The second kappa shape index (κ2) is 4.59. The molecule has 96 valence electrons. The van der Waals surface area contributed by atoms with Crippen LogP contribution in [0.4, 0.5) is 4.39 Å². The average Bonchev–Trinajstić information content (AvgIpc) is 2.80. The molecular weight excluding hydrogens is 267 g/mol. The molecule has 0 radical (unpaired) electrons. The summed E-state index contributed by atoms with van der Waals surface area (Å²) in [7, 11) is 0. The fourth-order valence-electron chi connectivity index (χ4n) is 1.99. The molecule has 0 spiro atoms. The van der Waals surface area contributed by atoms with Crippen molar-refractivity contribution in [3.05, 3.63) is 53.2 Å². The third-order valence-electron chi connectivity index (χ3n) is 2.97. The number of benzene rings is 1. The monoisotopic (exact) mass is 276 g/mol. The van der Waals surface area contributed by atoms with Crippen LogP contribution in [0.5, 0.6) is 0 Å². The Morgan fingerprint density at radius 1 is 1.32 bits per heavy atom. The zero-order valence-electron chi connectivity index (χ0n) is 10.1.